The van der Waals surface area contributed by atoms with Crippen molar-refractivity contribution in [2.75, 3.05) is 0 Å². The fourth-order valence-corrected chi connectivity index (χ4v) is 6.15. The molecule has 1 unspecified atom stereocenters. The lowest BCUT2D eigenvalue weighted by Crippen LogP contribution is -2.08. The van der Waals surface area contributed by atoms with Gasteiger partial charge in [0.2, 0.25) is 0 Å². The molecule has 0 N–H and O–H groups in total. The van der Waals surface area contributed by atoms with Gasteiger partial charge >= 0.3 is 0 Å². The first-order valence-electron chi connectivity index (χ1n) is 8.41. The Bertz CT molecular complexity index is 738. The van der Waals surface area contributed by atoms with Crippen LogP contribution < -0.4 is 0 Å². The van der Waals surface area contributed by atoms with Crippen LogP contribution in [0.5, 0.6) is 0 Å². The van der Waals surface area contributed by atoms with Gasteiger partial charge in [0.1, 0.15) is 0 Å². The van der Waals surface area contributed by atoms with Gasteiger partial charge in [-0.2, -0.15) is 0 Å². The zero-order valence-corrected chi connectivity index (χ0v) is 15.2. The summed E-state index contributed by atoms with van der Waals surface area (Å²) in [6, 6.07) is 0. The number of thioether (sulfide) groups is 2. The van der Waals surface area contributed by atoms with Crippen LogP contribution >= 0.6 is 23.5 Å². The summed E-state index contributed by atoms with van der Waals surface area (Å²) in [5, 5.41) is 0.571. The molecule has 1 aliphatic heterocycles. The van der Waals surface area contributed by atoms with E-state index >= 15 is 0 Å². The van der Waals surface area contributed by atoms with Crippen LogP contribution in [0.2, 0.25) is 0 Å². The highest BCUT2D eigenvalue weighted by Crippen LogP contribution is 2.51. The molecule has 4 rings (SSSR count). The molecule has 118 valence electrons. The molecule has 2 heteroatoms. The second-order valence-corrected chi connectivity index (χ2v) is 9.01. The molecule has 0 aromatic heterocycles. The van der Waals surface area contributed by atoms with Crippen LogP contribution in [0.3, 0.4) is 0 Å². The first kappa shape index (κ1) is 15.4. The molecule has 0 fully saturated rings. The van der Waals surface area contributed by atoms with Crippen molar-refractivity contribution in [1.82, 2.24) is 0 Å². The summed E-state index contributed by atoms with van der Waals surface area (Å²) in [5.41, 5.74) is 6.02. The van der Waals surface area contributed by atoms with Gasteiger partial charge in [0.15, 0.2) is 0 Å². The molecule has 0 amide bonds. The Morgan fingerprint density at radius 1 is 1.04 bits per heavy atom. The molecule has 0 aromatic rings. The van der Waals surface area contributed by atoms with Crippen molar-refractivity contribution in [3.05, 3.63) is 80.0 Å². The summed E-state index contributed by atoms with van der Waals surface area (Å²) in [6.07, 6.45) is 19.8. The number of rotatable bonds is 1. The van der Waals surface area contributed by atoms with Crippen molar-refractivity contribution < 1.29 is 0 Å². The van der Waals surface area contributed by atoms with E-state index in [0.29, 0.717) is 5.25 Å². The van der Waals surface area contributed by atoms with Gasteiger partial charge in [-0.25, -0.2) is 0 Å². The van der Waals surface area contributed by atoms with Crippen LogP contribution in [0, 0.1) is 0 Å². The van der Waals surface area contributed by atoms with Crippen LogP contribution in [0.25, 0.3) is 0 Å². The lowest BCUT2D eigenvalue weighted by Gasteiger charge is -2.23. The number of hydrogen-bond donors (Lipinski definition) is 0. The average molecular weight is 339 g/mol. The summed E-state index contributed by atoms with van der Waals surface area (Å²) in [7, 11) is 0. The summed E-state index contributed by atoms with van der Waals surface area (Å²) >= 11 is 3.96. The van der Waals surface area contributed by atoms with E-state index in [0.717, 1.165) is 6.42 Å². The molecule has 3 aliphatic carbocycles. The maximum absolute atomic E-state index is 4.36. The first-order valence-corrected chi connectivity index (χ1v) is 10.1. The second-order valence-electron chi connectivity index (χ2n) is 6.58. The molecular weight excluding hydrogens is 316 g/mol. The zero-order chi connectivity index (χ0) is 15.8. The van der Waals surface area contributed by atoms with E-state index in [4.69, 9.17) is 0 Å². The smallest absolute Gasteiger partial charge is 0.0387 e. The van der Waals surface area contributed by atoms with E-state index in [2.05, 4.69) is 61.7 Å². The van der Waals surface area contributed by atoms with Gasteiger partial charge in [-0.1, -0.05) is 54.3 Å². The Kier molecular flexibility index (Phi) is 4.29. The monoisotopic (exact) mass is 338 g/mol. The molecule has 23 heavy (non-hydrogen) atoms. The predicted molar refractivity (Wildman–Crippen MR) is 105 cm³/mol. The third-order valence-corrected chi connectivity index (χ3v) is 7.56. The molecular formula is C21H22S2. The van der Waals surface area contributed by atoms with E-state index in [9.17, 15) is 0 Å². The molecule has 0 saturated heterocycles. The van der Waals surface area contributed by atoms with Crippen molar-refractivity contribution in [1.29, 1.82) is 0 Å². The minimum absolute atomic E-state index is 0.571. The molecule has 0 spiro atoms. The Balaban J connectivity index is 1.64. The molecule has 0 radical (unpaired) electrons. The van der Waals surface area contributed by atoms with E-state index in [1.165, 1.54) is 46.6 Å². The van der Waals surface area contributed by atoms with Crippen LogP contribution in [-0.2, 0) is 0 Å². The summed E-state index contributed by atoms with van der Waals surface area (Å²) in [5.74, 6) is 0. The minimum atomic E-state index is 0.571. The Hall–Kier alpha value is -1.12. The topological polar surface area (TPSA) is 0 Å². The quantitative estimate of drug-likeness (QED) is 0.513. The normalized spacial score (nSPS) is 27.3. The molecule has 0 aromatic carbocycles. The van der Waals surface area contributed by atoms with E-state index in [1.54, 1.807) is 16.1 Å². The SMILES string of the molecule is C=C1SC2=C(CCC(C3=CC=C(C)CC3)=C2)SC2CC=CC=C12. The standard InChI is InChI=1S/C21H22S2/c1-14-7-9-16(10-8-14)17-11-12-20-21(13-17)22-15(2)18-5-3-4-6-19(18)23-20/h3-5,7,9,13,19H,2,6,8,10-12H2,1H3. The van der Waals surface area contributed by atoms with Gasteiger partial charge in [-0.3, -0.25) is 0 Å². The van der Waals surface area contributed by atoms with Gasteiger partial charge in [-0.15, -0.1) is 11.8 Å². The lowest BCUT2D eigenvalue weighted by molar-refractivity contribution is 0.864. The van der Waals surface area contributed by atoms with Gasteiger partial charge in [0.05, 0.1) is 0 Å². The predicted octanol–water partition coefficient (Wildman–Crippen LogP) is 6.83. The van der Waals surface area contributed by atoms with Crippen molar-refractivity contribution in [2.24, 2.45) is 0 Å². The Labute approximate surface area is 147 Å². The van der Waals surface area contributed by atoms with Crippen LogP contribution in [0.15, 0.2) is 80.0 Å². The van der Waals surface area contributed by atoms with Crippen LogP contribution in [0.4, 0.5) is 0 Å². The van der Waals surface area contributed by atoms with E-state index in [1.807, 2.05) is 11.8 Å². The van der Waals surface area contributed by atoms with Crippen molar-refractivity contribution in [3.8, 4) is 0 Å². The molecule has 0 saturated carbocycles. The second kappa shape index (κ2) is 6.41. The molecule has 4 aliphatic rings. The number of hydrogen-bond acceptors (Lipinski definition) is 2. The van der Waals surface area contributed by atoms with E-state index < -0.39 is 0 Å². The van der Waals surface area contributed by atoms with Crippen LogP contribution in [0.1, 0.15) is 39.0 Å². The molecule has 1 atom stereocenters. The number of allylic oxidation sites excluding steroid dienone is 11. The van der Waals surface area contributed by atoms with Crippen molar-refractivity contribution in [2.45, 2.75) is 44.3 Å². The van der Waals surface area contributed by atoms with Crippen molar-refractivity contribution in [3.63, 3.8) is 0 Å². The molecule has 0 nitrogen and oxygen atoms in total. The highest BCUT2D eigenvalue weighted by molar-refractivity contribution is 8.10. The summed E-state index contributed by atoms with van der Waals surface area (Å²) < 4.78 is 0. The third kappa shape index (κ3) is 3.12. The zero-order valence-electron chi connectivity index (χ0n) is 13.6. The van der Waals surface area contributed by atoms with Crippen molar-refractivity contribution >= 4 is 23.5 Å². The minimum Gasteiger partial charge on any atom is -0.121 e. The Morgan fingerprint density at radius 2 is 1.91 bits per heavy atom. The van der Waals surface area contributed by atoms with Gasteiger partial charge in [0.25, 0.3) is 0 Å². The third-order valence-electron chi connectivity index (χ3n) is 4.92. The molecule has 1 heterocycles. The highest BCUT2D eigenvalue weighted by atomic mass is 32.2. The van der Waals surface area contributed by atoms with Crippen LogP contribution in [-0.4, -0.2) is 5.25 Å². The maximum atomic E-state index is 4.36. The average Bonchev–Trinajstić information content (AvgIpc) is 2.71. The number of fused-ring (bicyclic) bond motifs is 1. The molecule has 0 bridgehead atoms. The summed E-state index contributed by atoms with van der Waals surface area (Å²) in [4.78, 5) is 4.26. The van der Waals surface area contributed by atoms with Gasteiger partial charge in [0, 0.05) is 15.1 Å². The largest absolute Gasteiger partial charge is 0.121 e. The Morgan fingerprint density at radius 3 is 2.74 bits per heavy atom. The maximum Gasteiger partial charge on any atom is 0.0387 e. The fraction of sp³-hybridized carbons (Fsp3) is 0.333. The fourth-order valence-electron chi connectivity index (χ4n) is 3.50. The van der Waals surface area contributed by atoms with Gasteiger partial charge in [-0.05, 0) is 66.7 Å². The first-order chi connectivity index (χ1) is 11.2. The lowest BCUT2D eigenvalue weighted by atomic mass is 9.89. The highest BCUT2D eigenvalue weighted by Gasteiger charge is 2.28. The van der Waals surface area contributed by atoms with E-state index in [-0.39, 0.29) is 0 Å². The summed E-state index contributed by atoms with van der Waals surface area (Å²) in [6.45, 7) is 6.59. The van der Waals surface area contributed by atoms with Gasteiger partial charge < -0.3 is 0 Å².